The van der Waals surface area contributed by atoms with Crippen LogP contribution in [-0.2, 0) is 5.41 Å². The van der Waals surface area contributed by atoms with Crippen LogP contribution in [0.15, 0.2) is 194 Å². The Labute approximate surface area is 356 Å². The molecule has 61 heavy (non-hydrogen) atoms. The van der Waals surface area contributed by atoms with Crippen molar-refractivity contribution in [3.8, 4) is 90.3 Å². The Morgan fingerprint density at radius 1 is 0.311 bits per heavy atom. The summed E-state index contributed by atoms with van der Waals surface area (Å²) in [6.45, 7) is 0. The molecule has 0 aliphatic heterocycles. The summed E-state index contributed by atoms with van der Waals surface area (Å²) in [6.07, 6.45) is 4.20. The fourth-order valence-electron chi connectivity index (χ4n) is 10.5. The summed E-state index contributed by atoms with van der Waals surface area (Å²) in [5.74, 6) is 5.53. The normalized spacial score (nSPS) is 19.5. The zero-order chi connectivity index (χ0) is 40.3. The molecule has 290 valence electrons. The van der Waals surface area contributed by atoms with E-state index in [0.717, 1.165) is 90.6 Å². The Hall–Kier alpha value is -7.37. The van der Waals surface area contributed by atoms with Gasteiger partial charge in [-0.25, -0.2) is 24.9 Å². The van der Waals surface area contributed by atoms with Crippen molar-refractivity contribution < 1.29 is 0 Å². The molecule has 2 aromatic heterocycles. The van der Waals surface area contributed by atoms with Crippen molar-refractivity contribution in [1.29, 1.82) is 0 Å². The van der Waals surface area contributed by atoms with Gasteiger partial charge in [0, 0.05) is 33.4 Å². The van der Waals surface area contributed by atoms with Crippen molar-refractivity contribution in [2.45, 2.75) is 24.7 Å². The van der Waals surface area contributed by atoms with Crippen LogP contribution in [0.2, 0.25) is 0 Å². The molecule has 0 radical (unpaired) electrons. The number of benzene rings is 7. The third kappa shape index (κ3) is 6.27. The minimum Gasteiger partial charge on any atom is -0.228 e. The van der Waals surface area contributed by atoms with E-state index in [-0.39, 0.29) is 0 Å². The van der Waals surface area contributed by atoms with Crippen molar-refractivity contribution in [1.82, 2.24) is 24.9 Å². The van der Waals surface area contributed by atoms with Crippen LogP contribution < -0.4 is 0 Å². The molecular formula is C56H41N5. The molecule has 7 aromatic carbocycles. The van der Waals surface area contributed by atoms with Gasteiger partial charge in [-0.2, -0.15) is 0 Å². The minimum atomic E-state index is 0.442. The molecule has 2 unspecified atom stereocenters. The average molecular weight is 784 g/mol. The van der Waals surface area contributed by atoms with Crippen LogP contribution in [0.25, 0.3) is 90.3 Å². The predicted molar refractivity (Wildman–Crippen MR) is 245 cm³/mol. The first kappa shape index (κ1) is 35.6. The van der Waals surface area contributed by atoms with E-state index in [1.165, 1.54) is 24.8 Å². The number of nitrogens with zero attached hydrogens (tertiary/aromatic N) is 5. The lowest BCUT2D eigenvalue weighted by atomic mass is 9.28. The first-order valence-electron chi connectivity index (χ1n) is 21.4. The standard InChI is InChI=1S/C56H41N5/c1-4-12-36(13-5-1)43-19-11-21-45(31-43)55-60-53(39-16-8-3-9-17-39)59-54(61-55)40-24-22-37(23-25-40)42-18-10-20-44(30-42)50-33-49(38-14-6-2-7-15-38)57-52(58-50)41-26-28-48(29-27-41)56-34-46-32-47(35-56)51(46)56/h1-31,33,46-47,51H,32,34-35H2. The van der Waals surface area contributed by atoms with Gasteiger partial charge in [-0.05, 0) is 88.4 Å². The van der Waals surface area contributed by atoms with Crippen LogP contribution in [0.5, 0.6) is 0 Å². The summed E-state index contributed by atoms with van der Waals surface area (Å²) in [4.78, 5) is 25.4. The molecule has 12 rings (SSSR count). The first-order valence-corrected chi connectivity index (χ1v) is 21.4. The molecule has 0 bridgehead atoms. The summed E-state index contributed by atoms with van der Waals surface area (Å²) < 4.78 is 0. The highest BCUT2D eigenvalue weighted by Gasteiger charge is 2.71. The van der Waals surface area contributed by atoms with Crippen molar-refractivity contribution in [2.75, 3.05) is 0 Å². The van der Waals surface area contributed by atoms with Gasteiger partial charge in [-0.15, -0.1) is 0 Å². The molecule has 2 atom stereocenters. The van der Waals surface area contributed by atoms with Gasteiger partial charge in [0.25, 0.3) is 0 Å². The monoisotopic (exact) mass is 783 g/mol. The highest BCUT2D eigenvalue weighted by atomic mass is 15.0. The van der Waals surface area contributed by atoms with Gasteiger partial charge in [-0.3, -0.25) is 0 Å². The molecule has 0 N–H and O–H groups in total. The smallest absolute Gasteiger partial charge is 0.164 e. The fourth-order valence-corrected chi connectivity index (χ4v) is 10.5. The van der Waals surface area contributed by atoms with Crippen LogP contribution in [0.3, 0.4) is 0 Å². The van der Waals surface area contributed by atoms with Gasteiger partial charge in [0.15, 0.2) is 23.3 Å². The van der Waals surface area contributed by atoms with Crippen molar-refractivity contribution in [2.24, 2.45) is 17.8 Å². The molecule has 3 saturated carbocycles. The molecule has 3 fully saturated rings. The van der Waals surface area contributed by atoms with E-state index in [9.17, 15) is 0 Å². The van der Waals surface area contributed by atoms with Gasteiger partial charge in [0.1, 0.15) is 0 Å². The number of rotatable bonds is 9. The van der Waals surface area contributed by atoms with E-state index >= 15 is 0 Å². The Morgan fingerprint density at radius 3 is 1.28 bits per heavy atom. The maximum absolute atomic E-state index is 5.22. The molecule has 5 heteroatoms. The maximum atomic E-state index is 5.22. The SMILES string of the molecule is c1ccc(-c2cccc(-c3nc(-c4ccccc4)nc(-c4ccc(-c5cccc(-c6cc(-c7ccccc7)nc(-c7ccc(C89CC%10CC(C8)C%109)cc7)n6)c5)cc4)n3)c2)cc1. The molecule has 0 saturated heterocycles. The molecule has 3 aliphatic rings. The number of aromatic nitrogens is 5. The first-order chi connectivity index (χ1) is 30.1. The van der Waals surface area contributed by atoms with Gasteiger partial charge in [0.2, 0.25) is 0 Å². The topological polar surface area (TPSA) is 64.5 Å². The Kier molecular flexibility index (Phi) is 8.41. The molecular weight excluding hydrogens is 743 g/mol. The second kappa shape index (κ2) is 14.4. The Morgan fingerprint density at radius 2 is 0.705 bits per heavy atom. The molecule has 0 spiro atoms. The number of hydrogen-bond acceptors (Lipinski definition) is 5. The van der Waals surface area contributed by atoms with E-state index in [4.69, 9.17) is 24.9 Å². The van der Waals surface area contributed by atoms with Crippen LogP contribution in [0, 0.1) is 17.8 Å². The van der Waals surface area contributed by atoms with E-state index in [1.807, 2.05) is 42.5 Å². The maximum Gasteiger partial charge on any atom is 0.164 e. The lowest BCUT2D eigenvalue weighted by Gasteiger charge is -2.76. The van der Waals surface area contributed by atoms with Gasteiger partial charge < -0.3 is 0 Å². The lowest BCUT2D eigenvalue weighted by Crippen LogP contribution is -2.71. The lowest BCUT2D eigenvalue weighted by molar-refractivity contribution is -0.219. The van der Waals surface area contributed by atoms with Crippen molar-refractivity contribution >= 4 is 0 Å². The largest absolute Gasteiger partial charge is 0.228 e. The van der Waals surface area contributed by atoms with Crippen LogP contribution in [-0.4, -0.2) is 24.9 Å². The summed E-state index contributed by atoms with van der Waals surface area (Å²) >= 11 is 0. The quantitative estimate of drug-likeness (QED) is 0.146. The molecule has 3 aliphatic carbocycles. The zero-order valence-corrected chi connectivity index (χ0v) is 33.6. The third-order valence-corrected chi connectivity index (χ3v) is 13.6. The summed E-state index contributed by atoms with van der Waals surface area (Å²) in [7, 11) is 0. The summed E-state index contributed by atoms with van der Waals surface area (Å²) in [5.41, 5.74) is 14.2. The molecule has 0 amide bonds. The van der Waals surface area contributed by atoms with Crippen LogP contribution in [0.1, 0.15) is 24.8 Å². The highest BCUT2D eigenvalue weighted by Crippen LogP contribution is 2.77. The van der Waals surface area contributed by atoms with E-state index in [2.05, 4.69) is 152 Å². The van der Waals surface area contributed by atoms with E-state index < -0.39 is 0 Å². The second-order valence-electron chi connectivity index (χ2n) is 17.0. The highest BCUT2D eigenvalue weighted by molar-refractivity contribution is 5.78. The zero-order valence-electron chi connectivity index (χ0n) is 33.6. The third-order valence-electron chi connectivity index (χ3n) is 13.6. The van der Waals surface area contributed by atoms with Crippen LogP contribution >= 0.6 is 0 Å². The summed E-state index contributed by atoms with van der Waals surface area (Å²) in [5, 5.41) is 0. The minimum absolute atomic E-state index is 0.442. The van der Waals surface area contributed by atoms with Gasteiger partial charge in [0.05, 0.1) is 11.4 Å². The fraction of sp³-hybridized carbons (Fsp3) is 0.125. The molecule has 9 aromatic rings. The molecule has 2 heterocycles. The van der Waals surface area contributed by atoms with Gasteiger partial charge >= 0.3 is 0 Å². The predicted octanol–water partition coefficient (Wildman–Crippen LogP) is 13.3. The van der Waals surface area contributed by atoms with Crippen molar-refractivity contribution in [3.05, 3.63) is 200 Å². The van der Waals surface area contributed by atoms with Gasteiger partial charge in [-0.1, -0.05) is 176 Å². The van der Waals surface area contributed by atoms with E-state index in [1.54, 1.807) is 0 Å². The van der Waals surface area contributed by atoms with Crippen LogP contribution in [0.4, 0.5) is 0 Å². The summed E-state index contributed by atoms with van der Waals surface area (Å²) in [6, 6.07) is 67.8. The molecule has 5 nitrogen and oxygen atoms in total. The average Bonchev–Trinajstić information content (AvgIpc) is 3.34. The Balaban J connectivity index is 0.874. The van der Waals surface area contributed by atoms with E-state index in [0.29, 0.717) is 22.9 Å². The van der Waals surface area contributed by atoms with Crippen molar-refractivity contribution in [3.63, 3.8) is 0 Å². The Bertz CT molecular complexity index is 3040. The number of hydrogen-bond donors (Lipinski definition) is 0. The second-order valence-corrected chi connectivity index (χ2v) is 17.0.